The lowest BCUT2D eigenvalue weighted by Crippen LogP contribution is -2.39. The third kappa shape index (κ3) is 5.02. The van der Waals surface area contributed by atoms with E-state index >= 15 is 0 Å². The van der Waals surface area contributed by atoms with Crippen molar-refractivity contribution >= 4 is 17.9 Å². The lowest BCUT2D eigenvalue weighted by atomic mass is 10.1. The fourth-order valence-electron chi connectivity index (χ4n) is 2.68. The van der Waals surface area contributed by atoms with Crippen molar-refractivity contribution in [1.82, 2.24) is 10.2 Å². The first-order valence-electron chi connectivity index (χ1n) is 8.00. The molecule has 1 N–H and O–H groups in total. The number of benzene rings is 1. The van der Waals surface area contributed by atoms with Crippen LogP contribution in [0, 0.1) is 0 Å². The third-order valence-electron chi connectivity index (χ3n) is 3.79. The summed E-state index contributed by atoms with van der Waals surface area (Å²) in [5.74, 6) is -0.302. The predicted octanol–water partition coefficient (Wildman–Crippen LogP) is 2.96. The van der Waals surface area contributed by atoms with Crippen molar-refractivity contribution in [2.45, 2.75) is 39.0 Å². The number of hydrogen-bond donors (Lipinski definition) is 1. The average Bonchev–Trinajstić information content (AvgIpc) is 2.46. The fraction of sp³-hybridized carbons (Fsp3) is 0.444. The molecule has 118 valence electrons. The molecule has 0 atom stereocenters. The first-order valence-corrected chi connectivity index (χ1v) is 8.00. The van der Waals surface area contributed by atoms with E-state index in [4.69, 9.17) is 0 Å². The summed E-state index contributed by atoms with van der Waals surface area (Å²) in [6.45, 7) is 2.97. The van der Waals surface area contributed by atoms with Crippen molar-refractivity contribution in [3.63, 3.8) is 0 Å². The zero-order valence-corrected chi connectivity index (χ0v) is 13.2. The SMILES string of the molecule is CC(=O)N/C(=C/c1ccccc1)C(=O)N1CCCCCCC1. The van der Waals surface area contributed by atoms with Gasteiger partial charge >= 0.3 is 0 Å². The molecule has 2 amide bonds. The van der Waals surface area contributed by atoms with Gasteiger partial charge in [0.15, 0.2) is 0 Å². The maximum absolute atomic E-state index is 12.7. The van der Waals surface area contributed by atoms with Crippen molar-refractivity contribution < 1.29 is 9.59 Å². The standard InChI is InChI=1S/C18H24N2O2/c1-15(21)19-17(14-16-10-6-5-7-11-16)18(22)20-12-8-3-2-4-9-13-20/h5-7,10-11,14H,2-4,8-9,12-13H2,1H3,(H,19,21)/b17-14+. The van der Waals surface area contributed by atoms with Crippen LogP contribution in [0.4, 0.5) is 0 Å². The van der Waals surface area contributed by atoms with Gasteiger partial charge in [0.2, 0.25) is 5.91 Å². The van der Waals surface area contributed by atoms with Crippen LogP contribution in [-0.2, 0) is 9.59 Å². The Balaban J connectivity index is 2.18. The normalized spacial score (nSPS) is 16.6. The van der Waals surface area contributed by atoms with Gasteiger partial charge in [-0.15, -0.1) is 0 Å². The lowest BCUT2D eigenvalue weighted by molar-refractivity contribution is -0.129. The average molecular weight is 300 g/mol. The molecule has 1 aromatic carbocycles. The van der Waals surface area contributed by atoms with E-state index in [1.54, 1.807) is 6.08 Å². The predicted molar refractivity (Wildman–Crippen MR) is 87.9 cm³/mol. The molecule has 0 unspecified atom stereocenters. The summed E-state index contributed by atoms with van der Waals surface area (Å²) < 4.78 is 0. The zero-order chi connectivity index (χ0) is 15.8. The second kappa shape index (κ2) is 8.37. The molecular weight excluding hydrogens is 276 g/mol. The van der Waals surface area contributed by atoms with Gasteiger partial charge in [0, 0.05) is 20.0 Å². The van der Waals surface area contributed by atoms with Crippen LogP contribution in [0.25, 0.3) is 6.08 Å². The summed E-state index contributed by atoms with van der Waals surface area (Å²) in [7, 11) is 0. The van der Waals surface area contributed by atoms with Gasteiger partial charge in [0.05, 0.1) is 0 Å². The molecule has 0 bridgehead atoms. The molecule has 0 spiro atoms. The molecule has 1 aromatic rings. The van der Waals surface area contributed by atoms with Crippen LogP contribution in [0.3, 0.4) is 0 Å². The summed E-state index contributed by atoms with van der Waals surface area (Å²) in [5.41, 5.74) is 1.27. The molecule has 0 aromatic heterocycles. The first kappa shape index (κ1) is 16.3. The van der Waals surface area contributed by atoms with Gasteiger partial charge in [-0.25, -0.2) is 0 Å². The molecule has 22 heavy (non-hydrogen) atoms. The smallest absolute Gasteiger partial charge is 0.270 e. The number of nitrogens with zero attached hydrogens (tertiary/aromatic N) is 1. The molecule has 1 aliphatic rings. The molecule has 4 heteroatoms. The minimum atomic E-state index is -0.220. The quantitative estimate of drug-likeness (QED) is 0.873. The van der Waals surface area contributed by atoms with E-state index in [0.717, 1.165) is 31.5 Å². The Morgan fingerprint density at radius 3 is 2.18 bits per heavy atom. The number of carbonyl (C=O) groups is 2. The first-order chi connectivity index (χ1) is 10.7. The molecule has 0 aliphatic carbocycles. The van der Waals surface area contributed by atoms with Crippen LogP contribution >= 0.6 is 0 Å². The van der Waals surface area contributed by atoms with E-state index in [1.807, 2.05) is 35.2 Å². The summed E-state index contributed by atoms with van der Waals surface area (Å²) in [5, 5.41) is 2.69. The Labute approximate surface area is 132 Å². The number of hydrogen-bond acceptors (Lipinski definition) is 2. The van der Waals surface area contributed by atoms with Crippen LogP contribution < -0.4 is 5.32 Å². The van der Waals surface area contributed by atoms with E-state index < -0.39 is 0 Å². The summed E-state index contributed by atoms with van der Waals surface area (Å²) in [4.78, 5) is 26.0. The van der Waals surface area contributed by atoms with E-state index in [1.165, 1.54) is 26.2 Å². The molecule has 1 aliphatic heterocycles. The molecule has 1 heterocycles. The largest absolute Gasteiger partial charge is 0.337 e. The second-order valence-electron chi connectivity index (χ2n) is 5.71. The van der Waals surface area contributed by atoms with Crippen molar-refractivity contribution in [3.05, 3.63) is 41.6 Å². The van der Waals surface area contributed by atoms with E-state index in [9.17, 15) is 9.59 Å². The van der Waals surface area contributed by atoms with Crippen molar-refractivity contribution in [2.75, 3.05) is 13.1 Å². The maximum Gasteiger partial charge on any atom is 0.270 e. The van der Waals surface area contributed by atoms with Crippen LogP contribution in [-0.4, -0.2) is 29.8 Å². The van der Waals surface area contributed by atoms with Crippen LogP contribution in [0.1, 0.15) is 44.6 Å². The van der Waals surface area contributed by atoms with Crippen molar-refractivity contribution in [3.8, 4) is 0 Å². The van der Waals surface area contributed by atoms with Crippen LogP contribution in [0.5, 0.6) is 0 Å². The molecule has 1 fully saturated rings. The Morgan fingerprint density at radius 2 is 1.59 bits per heavy atom. The van der Waals surface area contributed by atoms with Crippen LogP contribution in [0.15, 0.2) is 36.0 Å². The highest BCUT2D eigenvalue weighted by molar-refractivity contribution is 6.00. The molecule has 0 radical (unpaired) electrons. The van der Waals surface area contributed by atoms with Gasteiger partial charge in [-0.3, -0.25) is 9.59 Å². The number of amides is 2. The van der Waals surface area contributed by atoms with Crippen LogP contribution in [0.2, 0.25) is 0 Å². The van der Waals surface area contributed by atoms with Gasteiger partial charge in [-0.2, -0.15) is 0 Å². The monoisotopic (exact) mass is 300 g/mol. The van der Waals surface area contributed by atoms with Gasteiger partial charge < -0.3 is 10.2 Å². The Kier molecular flexibility index (Phi) is 6.19. The number of likely N-dealkylation sites (tertiary alicyclic amines) is 1. The van der Waals surface area contributed by atoms with E-state index in [-0.39, 0.29) is 11.8 Å². The minimum absolute atomic E-state index is 0.0825. The Morgan fingerprint density at radius 1 is 1.00 bits per heavy atom. The highest BCUT2D eigenvalue weighted by Gasteiger charge is 2.19. The number of nitrogens with one attached hydrogen (secondary N) is 1. The van der Waals surface area contributed by atoms with E-state index in [0.29, 0.717) is 5.70 Å². The Hall–Kier alpha value is -2.10. The topological polar surface area (TPSA) is 49.4 Å². The molecule has 2 rings (SSSR count). The molecule has 4 nitrogen and oxygen atoms in total. The van der Waals surface area contributed by atoms with Gasteiger partial charge in [-0.05, 0) is 24.5 Å². The summed E-state index contributed by atoms with van der Waals surface area (Å²) >= 11 is 0. The number of rotatable bonds is 3. The zero-order valence-electron chi connectivity index (χ0n) is 13.2. The third-order valence-corrected chi connectivity index (χ3v) is 3.79. The highest BCUT2D eigenvalue weighted by atomic mass is 16.2. The molecule has 0 saturated carbocycles. The minimum Gasteiger partial charge on any atom is -0.337 e. The van der Waals surface area contributed by atoms with Gasteiger partial charge in [0.1, 0.15) is 5.70 Å². The summed E-state index contributed by atoms with van der Waals surface area (Å²) in [6.07, 6.45) is 7.40. The Bertz CT molecular complexity index is 529. The van der Waals surface area contributed by atoms with E-state index in [2.05, 4.69) is 5.32 Å². The van der Waals surface area contributed by atoms with Gasteiger partial charge in [0.25, 0.3) is 5.91 Å². The lowest BCUT2D eigenvalue weighted by Gasteiger charge is -2.26. The molecular formula is C18H24N2O2. The van der Waals surface area contributed by atoms with Gasteiger partial charge in [-0.1, -0.05) is 49.6 Å². The fourth-order valence-corrected chi connectivity index (χ4v) is 2.68. The highest BCUT2D eigenvalue weighted by Crippen LogP contribution is 2.14. The van der Waals surface area contributed by atoms with Crippen molar-refractivity contribution in [1.29, 1.82) is 0 Å². The summed E-state index contributed by atoms with van der Waals surface area (Å²) in [6, 6.07) is 9.59. The maximum atomic E-state index is 12.7. The van der Waals surface area contributed by atoms with Crippen molar-refractivity contribution in [2.24, 2.45) is 0 Å². The molecule has 1 saturated heterocycles. The second-order valence-corrected chi connectivity index (χ2v) is 5.71. The number of carbonyl (C=O) groups excluding carboxylic acids is 2.